The Morgan fingerprint density at radius 2 is 1.88 bits per heavy atom. The molecule has 3 aliphatic rings. The van der Waals surface area contributed by atoms with Gasteiger partial charge in [-0.05, 0) is 50.9 Å². The number of rotatable bonds is 6. The van der Waals surface area contributed by atoms with Crippen LogP contribution in [0.4, 0.5) is 0 Å². The van der Waals surface area contributed by atoms with Gasteiger partial charge in [0.05, 0.1) is 18.0 Å². The normalized spacial score (nSPS) is 36.8. The molecule has 2 aliphatic carbocycles. The van der Waals surface area contributed by atoms with Gasteiger partial charge in [0.25, 0.3) is 0 Å². The number of sulfonamides is 1. The molecule has 0 aromatic rings. The molecule has 0 unspecified atom stereocenters. The number of morpholine rings is 1. The van der Waals surface area contributed by atoms with Crippen molar-refractivity contribution in [2.24, 2.45) is 17.8 Å². The van der Waals surface area contributed by atoms with E-state index >= 15 is 0 Å². The average Bonchev–Trinajstić information content (AvgIpc) is 3.08. The quantitative estimate of drug-likeness (QED) is 0.778. The van der Waals surface area contributed by atoms with Crippen molar-refractivity contribution in [3.05, 3.63) is 0 Å². The first kappa shape index (κ1) is 18.1. The Bertz CT molecular complexity index is 555. The van der Waals surface area contributed by atoms with E-state index in [2.05, 4.69) is 5.32 Å². The van der Waals surface area contributed by atoms with Crippen LogP contribution in [0.1, 0.15) is 46.0 Å². The molecule has 2 bridgehead atoms. The predicted molar refractivity (Wildman–Crippen MR) is 91.9 cm³/mol. The van der Waals surface area contributed by atoms with Crippen molar-refractivity contribution >= 4 is 15.9 Å². The van der Waals surface area contributed by atoms with Crippen LogP contribution in [0.15, 0.2) is 0 Å². The molecule has 3 rings (SSSR count). The molecule has 24 heavy (non-hydrogen) atoms. The molecular formula is C17H30N2O4S. The number of nitrogens with one attached hydrogen (secondary N) is 1. The summed E-state index contributed by atoms with van der Waals surface area (Å²) in [4.78, 5) is 12.1. The molecule has 0 aromatic carbocycles. The van der Waals surface area contributed by atoms with E-state index in [-0.39, 0.29) is 30.4 Å². The summed E-state index contributed by atoms with van der Waals surface area (Å²) in [6.07, 6.45) is 5.46. The maximum absolute atomic E-state index is 12.4. The van der Waals surface area contributed by atoms with Crippen molar-refractivity contribution in [1.29, 1.82) is 0 Å². The van der Waals surface area contributed by atoms with Crippen LogP contribution in [-0.4, -0.2) is 56.2 Å². The number of nitrogens with zero attached hydrogens (tertiary/aromatic N) is 1. The molecule has 3 fully saturated rings. The monoisotopic (exact) mass is 358 g/mol. The highest BCUT2D eigenvalue weighted by atomic mass is 32.2. The summed E-state index contributed by atoms with van der Waals surface area (Å²) < 4.78 is 31.9. The minimum absolute atomic E-state index is 0.00598. The smallest absolute Gasteiger partial charge is 0.220 e. The number of amides is 1. The number of hydrogen-bond donors (Lipinski definition) is 1. The second kappa shape index (κ2) is 7.30. The fraction of sp³-hybridized carbons (Fsp3) is 0.941. The predicted octanol–water partition coefficient (Wildman–Crippen LogP) is 1.37. The highest BCUT2D eigenvalue weighted by molar-refractivity contribution is 7.89. The van der Waals surface area contributed by atoms with E-state index < -0.39 is 10.0 Å². The maximum atomic E-state index is 12.4. The molecule has 2 saturated carbocycles. The summed E-state index contributed by atoms with van der Waals surface area (Å²) in [7, 11) is -3.34. The Hall–Kier alpha value is -0.660. The molecule has 6 nitrogen and oxygen atoms in total. The van der Waals surface area contributed by atoms with Gasteiger partial charge in [0, 0.05) is 26.1 Å². The zero-order chi connectivity index (χ0) is 17.3. The molecular weight excluding hydrogens is 328 g/mol. The van der Waals surface area contributed by atoms with E-state index in [1.165, 1.54) is 30.0 Å². The zero-order valence-corrected chi connectivity index (χ0v) is 15.6. The number of ether oxygens (including phenoxy) is 1. The van der Waals surface area contributed by atoms with Gasteiger partial charge in [-0.25, -0.2) is 8.42 Å². The first-order valence-electron chi connectivity index (χ1n) is 9.23. The molecule has 0 spiro atoms. The number of carbonyl (C=O) groups is 1. The Kier molecular flexibility index (Phi) is 5.52. The van der Waals surface area contributed by atoms with Crippen LogP contribution >= 0.6 is 0 Å². The lowest BCUT2D eigenvalue weighted by atomic mass is 9.86. The molecule has 1 aliphatic heterocycles. The van der Waals surface area contributed by atoms with Gasteiger partial charge in [-0.15, -0.1) is 0 Å². The van der Waals surface area contributed by atoms with E-state index in [1.54, 1.807) is 0 Å². The van der Waals surface area contributed by atoms with Gasteiger partial charge >= 0.3 is 0 Å². The third-order valence-corrected chi connectivity index (χ3v) is 7.60. The third-order valence-electron chi connectivity index (χ3n) is 5.79. The van der Waals surface area contributed by atoms with Gasteiger partial charge in [-0.3, -0.25) is 4.79 Å². The van der Waals surface area contributed by atoms with Gasteiger partial charge in [0.15, 0.2) is 0 Å². The van der Waals surface area contributed by atoms with Crippen LogP contribution in [0.25, 0.3) is 0 Å². The molecule has 1 heterocycles. The SMILES string of the molecule is C[C@@H]1CN(S(=O)(=O)CCNC(=O)C[C@@H]2C[C@H]3CC[C@H]2C3)C[C@H](C)O1. The lowest BCUT2D eigenvalue weighted by Crippen LogP contribution is -2.49. The van der Waals surface area contributed by atoms with Crippen LogP contribution in [-0.2, 0) is 19.6 Å². The largest absolute Gasteiger partial charge is 0.373 e. The molecule has 0 radical (unpaired) electrons. The highest BCUT2D eigenvalue weighted by Crippen LogP contribution is 2.49. The van der Waals surface area contributed by atoms with Crippen LogP contribution < -0.4 is 5.32 Å². The first-order valence-corrected chi connectivity index (χ1v) is 10.8. The molecule has 0 aromatic heterocycles. The van der Waals surface area contributed by atoms with Gasteiger partial charge in [0.2, 0.25) is 15.9 Å². The summed E-state index contributed by atoms with van der Waals surface area (Å²) in [6, 6.07) is 0. The van der Waals surface area contributed by atoms with Crippen molar-refractivity contribution in [2.45, 2.75) is 58.2 Å². The zero-order valence-electron chi connectivity index (χ0n) is 14.7. The van der Waals surface area contributed by atoms with Crippen molar-refractivity contribution in [3.63, 3.8) is 0 Å². The number of carbonyl (C=O) groups excluding carboxylic acids is 1. The van der Waals surface area contributed by atoms with Crippen molar-refractivity contribution in [3.8, 4) is 0 Å². The molecule has 7 heteroatoms. The minimum atomic E-state index is -3.34. The van der Waals surface area contributed by atoms with Crippen LogP contribution in [0.2, 0.25) is 0 Å². The first-order chi connectivity index (χ1) is 11.3. The Morgan fingerprint density at radius 3 is 2.46 bits per heavy atom. The molecule has 1 N–H and O–H groups in total. The van der Waals surface area contributed by atoms with Crippen LogP contribution in [0.3, 0.4) is 0 Å². The van der Waals surface area contributed by atoms with Crippen molar-refractivity contribution in [1.82, 2.24) is 9.62 Å². The third kappa shape index (κ3) is 4.29. The van der Waals surface area contributed by atoms with E-state index in [1.807, 2.05) is 13.8 Å². The van der Waals surface area contributed by atoms with Crippen molar-refractivity contribution < 1.29 is 17.9 Å². The lowest BCUT2D eigenvalue weighted by Gasteiger charge is -2.34. The standard InChI is InChI=1S/C17H30N2O4S/c1-12-10-19(11-13(2)23-12)24(21,22)6-5-18-17(20)9-16-8-14-3-4-15(16)7-14/h12-16H,3-11H2,1-2H3,(H,18,20)/t12-,13+,14-,15-,16-/m0/s1. The summed E-state index contributed by atoms with van der Waals surface area (Å²) >= 11 is 0. The maximum Gasteiger partial charge on any atom is 0.220 e. The van der Waals surface area contributed by atoms with Crippen LogP contribution in [0.5, 0.6) is 0 Å². The van der Waals surface area contributed by atoms with Gasteiger partial charge in [-0.1, -0.05) is 6.42 Å². The molecule has 138 valence electrons. The fourth-order valence-corrected chi connectivity index (χ4v) is 6.24. The molecule has 1 saturated heterocycles. The average molecular weight is 359 g/mol. The van der Waals surface area contributed by atoms with Gasteiger partial charge in [-0.2, -0.15) is 4.31 Å². The van der Waals surface area contributed by atoms with E-state index in [9.17, 15) is 13.2 Å². The Morgan fingerprint density at radius 1 is 1.17 bits per heavy atom. The summed E-state index contributed by atoms with van der Waals surface area (Å²) in [6.45, 7) is 4.75. The number of hydrogen-bond acceptors (Lipinski definition) is 4. The minimum Gasteiger partial charge on any atom is -0.373 e. The second-order valence-corrected chi connectivity index (χ2v) is 9.97. The summed E-state index contributed by atoms with van der Waals surface area (Å²) in [5.74, 6) is 2.04. The molecule has 5 atom stereocenters. The summed E-state index contributed by atoms with van der Waals surface area (Å²) in [5.41, 5.74) is 0. The lowest BCUT2D eigenvalue weighted by molar-refractivity contribution is -0.122. The highest BCUT2D eigenvalue weighted by Gasteiger charge is 2.40. The van der Waals surface area contributed by atoms with Gasteiger partial charge in [0.1, 0.15) is 0 Å². The van der Waals surface area contributed by atoms with Crippen molar-refractivity contribution in [2.75, 3.05) is 25.4 Å². The van der Waals surface area contributed by atoms with Gasteiger partial charge < -0.3 is 10.1 Å². The van der Waals surface area contributed by atoms with Crippen LogP contribution in [0, 0.1) is 17.8 Å². The summed E-state index contributed by atoms with van der Waals surface area (Å²) in [5, 5.41) is 2.81. The fourth-order valence-electron chi connectivity index (χ4n) is 4.74. The van der Waals surface area contributed by atoms with E-state index in [0.717, 1.165) is 11.8 Å². The molecule has 1 amide bonds. The number of fused-ring (bicyclic) bond motifs is 2. The topological polar surface area (TPSA) is 75.7 Å². The van der Waals surface area contributed by atoms with E-state index in [4.69, 9.17) is 4.74 Å². The second-order valence-electron chi connectivity index (χ2n) is 7.88. The Balaban J connectivity index is 1.41. The van der Waals surface area contributed by atoms with E-state index in [0.29, 0.717) is 25.4 Å². The Labute approximate surface area is 145 Å².